The van der Waals surface area contributed by atoms with Gasteiger partial charge in [-0.25, -0.2) is 9.37 Å². The van der Waals surface area contributed by atoms with Gasteiger partial charge in [-0.2, -0.15) is 0 Å². The molecule has 2 aromatic rings. The molecule has 0 aliphatic carbocycles. The third-order valence-corrected chi connectivity index (χ3v) is 2.35. The Hall–Kier alpha value is -1.42. The van der Waals surface area contributed by atoms with Gasteiger partial charge in [0.1, 0.15) is 10.8 Å². The Balaban J connectivity index is 2.94. The first kappa shape index (κ1) is 9.15. The van der Waals surface area contributed by atoms with Crippen molar-refractivity contribution in [2.24, 2.45) is 7.05 Å². The Morgan fingerprint density at radius 1 is 1.64 bits per heavy atom. The molecular formula is C9H6ClFN2O. The summed E-state index contributed by atoms with van der Waals surface area (Å²) in [7, 11) is 1.60. The van der Waals surface area contributed by atoms with Crippen LogP contribution in [0.3, 0.4) is 0 Å². The van der Waals surface area contributed by atoms with E-state index in [1.165, 1.54) is 16.8 Å². The summed E-state index contributed by atoms with van der Waals surface area (Å²) in [4.78, 5) is 14.3. The quantitative estimate of drug-likeness (QED) is 0.537. The summed E-state index contributed by atoms with van der Waals surface area (Å²) in [5.74, 6) is -0.554. The molecule has 0 amide bonds. The highest BCUT2D eigenvalue weighted by molar-refractivity contribution is 6.30. The number of aryl methyl sites for hydroxylation is 1. The minimum atomic E-state index is -0.554. The highest BCUT2D eigenvalue weighted by Crippen LogP contribution is 2.23. The van der Waals surface area contributed by atoms with Crippen LogP contribution in [0.15, 0.2) is 12.3 Å². The fraction of sp³-hybridized carbons (Fsp3) is 0.111. The fourth-order valence-electron chi connectivity index (χ4n) is 1.41. The van der Waals surface area contributed by atoms with Crippen LogP contribution in [0.5, 0.6) is 0 Å². The lowest BCUT2D eigenvalue weighted by molar-refractivity contribution is 0.111. The average molecular weight is 213 g/mol. The van der Waals surface area contributed by atoms with Crippen LogP contribution in [0.2, 0.25) is 5.15 Å². The number of halogens is 2. The molecule has 0 saturated heterocycles. The van der Waals surface area contributed by atoms with Crippen molar-refractivity contribution in [2.45, 2.75) is 0 Å². The Morgan fingerprint density at radius 2 is 2.36 bits per heavy atom. The Morgan fingerprint density at radius 3 is 3.00 bits per heavy atom. The van der Waals surface area contributed by atoms with E-state index < -0.39 is 5.82 Å². The average Bonchev–Trinajstić information content (AvgIpc) is 2.39. The van der Waals surface area contributed by atoms with E-state index in [4.69, 9.17) is 11.6 Å². The molecule has 0 radical (unpaired) electrons. The molecule has 0 atom stereocenters. The Bertz CT molecular complexity index is 521. The normalized spacial score (nSPS) is 10.8. The molecular weight excluding hydrogens is 207 g/mol. The van der Waals surface area contributed by atoms with Gasteiger partial charge in [0.25, 0.3) is 0 Å². The van der Waals surface area contributed by atoms with Crippen LogP contribution in [0.4, 0.5) is 4.39 Å². The zero-order valence-electron chi connectivity index (χ0n) is 7.29. The fourth-order valence-corrected chi connectivity index (χ4v) is 1.56. The lowest BCUT2D eigenvalue weighted by atomic mass is 10.3. The summed E-state index contributed by atoms with van der Waals surface area (Å²) in [5.41, 5.74) is 0.564. The first-order valence-electron chi connectivity index (χ1n) is 3.89. The van der Waals surface area contributed by atoms with Gasteiger partial charge in [-0.15, -0.1) is 0 Å². The number of carbonyl (C=O) groups excluding carboxylic acids is 1. The Kier molecular flexibility index (Phi) is 2.00. The van der Waals surface area contributed by atoms with E-state index in [-0.39, 0.29) is 10.8 Å². The summed E-state index contributed by atoms with van der Waals surface area (Å²) in [6, 6.07) is 1.52. The topological polar surface area (TPSA) is 34.9 Å². The number of rotatable bonds is 1. The lowest BCUT2D eigenvalue weighted by Crippen LogP contribution is -1.95. The number of hydrogen-bond donors (Lipinski definition) is 0. The second kappa shape index (κ2) is 3.06. The molecule has 5 heteroatoms. The summed E-state index contributed by atoms with van der Waals surface area (Å²) in [6.07, 6.45) is 1.79. The smallest absolute Gasteiger partial charge is 0.169 e. The molecule has 0 N–H and O–H groups in total. The monoisotopic (exact) mass is 212 g/mol. The van der Waals surface area contributed by atoms with Gasteiger partial charge >= 0.3 is 0 Å². The summed E-state index contributed by atoms with van der Waals surface area (Å²) in [6.45, 7) is 0. The van der Waals surface area contributed by atoms with Gasteiger partial charge in [0.2, 0.25) is 0 Å². The minimum Gasteiger partial charge on any atom is -0.339 e. The highest BCUT2D eigenvalue weighted by Gasteiger charge is 2.14. The van der Waals surface area contributed by atoms with Crippen molar-refractivity contribution in [1.82, 2.24) is 9.55 Å². The zero-order valence-corrected chi connectivity index (χ0v) is 8.05. The maximum atomic E-state index is 13.5. The third kappa shape index (κ3) is 1.11. The van der Waals surface area contributed by atoms with Crippen molar-refractivity contribution in [3.05, 3.63) is 28.9 Å². The maximum Gasteiger partial charge on any atom is 0.169 e. The molecule has 2 heterocycles. The second-order valence-corrected chi connectivity index (χ2v) is 3.29. The summed E-state index contributed by atoms with van der Waals surface area (Å²) < 4.78 is 14.9. The maximum absolute atomic E-state index is 13.5. The van der Waals surface area contributed by atoms with Crippen molar-refractivity contribution in [3.63, 3.8) is 0 Å². The molecule has 2 rings (SSSR count). The standard InChI is InChI=1S/C9H6ClFN2O/c1-13-6-2-8(10)12-3-5(6)9(11)7(13)4-14/h2-4H,1H3. The molecule has 3 nitrogen and oxygen atoms in total. The first-order chi connectivity index (χ1) is 6.65. The largest absolute Gasteiger partial charge is 0.339 e. The predicted octanol–water partition coefficient (Wildman–Crippen LogP) is 2.18. The van der Waals surface area contributed by atoms with E-state index in [0.29, 0.717) is 17.2 Å². The molecule has 0 saturated carbocycles. The molecule has 0 unspecified atom stereocenters. The highest BCUT2D eigenvalue weighted by atomic mass is 35.5. The van der Waals surface area contributed by atoms with Crippen LogP contribution in [-0.2, 0) is 7.05 Å². The molecule has 14 heavy (non-hydrogen) atoms. The number of pyridine rings is 1. The van der Waals surface area contributed by atoms with Gasteiger partial charge in [-0.05, 0) is 6.07 Å². The molecule has 0 fully saturated rings. The van der Waals surface area contributed by atoms with E-state index in [1.54, 1.807) is 7.05 Å². The molecule has 0 aromatic carbocycles. The SMILES string of the molecule is Cn1c(C=O)c(F)c2cnc(Cl)cc21. The van der Waals surface area contributed by atoms with Gasteiger partial charge in [0, 0.05) is 13.2 Å². The number of aldehydes is 1. The third-order valence-electron chi connectivity index (χ3n) is 2.14. The van der Waals surface area contributed by atoms with Crippen LogP contribution >= 0.6 is 11.6 Å². The van der Waals surface area contributed by atoms with Crippen LogP contribution in [0.1, 0.15) is 10.5 Å². The molecule has 0 spiro atoms. The van der Waals surface area contributed by atoms with Crippen molar-refractivity contribution in [2.75, 3.05) is 0 Å². The predicted molar refractivity (Wildman–Crippen MR) is 51.1 cm³/mol. The number of carbonyl (C=O) groups is 1. The number of fused-ring (bicyclic) bond motifs is 1. The second-order valence-electron chi connectivity index (χ2n) is 2.90. The minimum absolute atomic E-state index is 0.00377. The molecule has 0 aliphatic heterocycles. The summed E-state index contributed by atoms with van der Waals surface area (Å²) in [5, 5.41) is 0.578. The molecule has 0 aliphatic rings. The van der Waals surface area contributed by atoms with Crippen molar-refractivity contribution in [3.8, 4) is 0 Å². The van der Waals surface area contributed by atoms with E-state index in [1.807, 2.05) is 0 Å². The van der Waals surface area contributed by atoms with E-state index in [2.05, 4.69) is 4.98 Å². The number of nitrogens with zero attached hydrogens (tertiary/aromatic N) is 2. The van der Waals surface area contributed by atoms with Crippen molar-refractivity contribution < 1.29 is 9.18 Å². The van der Waals surface area contributed by atoms with Crippen LogP contribution in [-0.4, -0.2) is 15.8 Å². The van der Waals surface area contributed by atoms with Gasteiger partial charge in [0.05, 0.1) is 10.9 Å². The summed E-state index contributed by atoms with van der Waals surface area (Å²) >= 11 is 5.66. The van der Waals surface area contributed by atoms with Crippen molar-refractivity contribution in [1.29, 1.82) is 0 Å². The van der Waals surface area contributed by atoms with Gasteiger partial charge in [-0.1, -0.05) is 11.6 Å². The van der Waals surface area contributed by atoms with E-state index in [0.717, 1.165) is 0 Å². The zero-order chi connectivity index (χ0) is 10.3. The number of hydrogen-bond acceptors (Lipinski definition) is 2. The van der Waals surface area contributed by atoms with Crippen LogP contribution < -0.4 is 0 Å². The lowest BCUT2D eigenvalue weighted by Gasteiger charge is -1.96. The van der Waals surface area contributed by atoms with E-state index >= 15 is 0 Å². The van der Waals surface area contributed by atoms with Crippen LogP contribution in [0, 0.1) is 5.82 Å². The van der Waals surface area contributed by atoms with Gasteiger partial charge < -0.3 is 4.57 Å². The van der Waals surface area contributed by atoms with E-state index in [9.17, 15) is 9.18 Å². The van der Waals surface area contributed by atoms with Crippen LogP contribution in [0.25, 0.3) is 10.9 Å². The Labute approximate surface area is 84.1 Å². The molecule has 0 bridgehead atoms. The number of aromatic nitrogens is 2. The van der Waals surface area contributed by atoms with Gasteiger partial charge in [0.15, 0.2) is 12.1 Å². The van der Waals surface area contributed by atoms with Gasteiger partial charge in [-0.3, -0.25) is 4.79 Å². The molecule has 72 valence electrons. The molecule has 2 aromatic heterocycles. The first-order valence-corrected chi connectivity index (χ1v) is 4.27. The van der Waals surface area contributed by atoms with Crippen molar-refractivity contribution >= 4 is 28.8 Å².